The fraction of sp³-hybridized carbons (Fsp3) is 0.320. The molecule has 1 aliphatic heterocycles. The molecular weight excluding hydrogens is 404 g/mol. The number of hydrogen-bond acceptors (Lipinski definition) is 5. The van der Waals surface area contributed by atoms with Crippen molar-refractivity contribution in [3.8, 4) is 28.3 Å². The first-order valence-electron chi connectivity index (χ1n) is 11.0. The largest absolute Gasteiger partial charge is 0.490 e. The quantitative estimate of drug-likeness (QED) is 0.470. The summed E-state index contributed by atoms with van der Waals surface area (Å²) in [4.78, 5) is 12.3. The number of rotatable bonds is 5. The highest BCUT2D eigenvalue weighted by atomic mass is 16.5. The Morgan fingerprint density at radius 3 is 2.56 bits per heavy atom. The van der Waals surface area contributed by atoms with E-state index in [2.05, 4.69) is 5.10 Å². The van der Waals surface area contributed by atoms with E-state index in [0.717, 1.165) is 54.1 Å². The number of ether oxygens (including phenoxy) is 2. The second-order valence-corrected chi connectivity index (χ2v) is 8.31. The molecule has 0 aliphatic carbocycles. The molecule has 1 saturated heterocycles. The van der Waals surface area contributed by atoms with E-state index in [0.29, 0.717) is 5.69 Å². The lowest BCUT2D eigenvalue weighted by Gasteiger charge is -2.23. The average molecular weight is 431 g/mol. The van der Waals surface area contributed by atoms with Crippen molar-refractivity contribution in [2.45, 2.75) is 38.8 Å². The Kier molecular flexibility index (Phi) is 5.49. The molecule has 0 unspecified atom stereocenters. The van der Waals surface area contributed by atoms with Crippen LogP contribution in [-0.2, 0) is 4.74 Å². The predicted octanol–water partition coefficient (Wildman–Crippen LogP) is 4.36. The van der Waals surface area contributed by atoms with Crippen LogP contribution in [0.3, 0.4) is 0 Å². The molecule has 1 aromatic carbocycles. The highest BCUT2D eigenvalue weighted by Gasteiger charge is 2.21. The number of hydrogen-bond donors (Lipinski definition) is 0. The van der Waals surface area contributed by atoms with Crippen molar-refractivity contribution in [2.75, 3.05) is 13.2 Å². The van der Waals surface area contributed by atoms with Gasteiger partial charge in [-0.05, 0) is 26.0 Å². The van der Waals surface area contributed by atoms with E-state index in [1.165, 1.54) is 4.68 Å². The first-order valence-corrected chi connectivity index (χ1v) is 11.0. The first kappa shape index (κ1) is 20.5. The Balaban J connectivity index is 1.68. The van der Waals surface area contributed by atoms with Crippen molar-refractivity contribution in [1.82, 2.24) is 19.4 Å². The summed E-state index contributed by atoms with van der Waals surface area (Å²) in [5, 5.41) is 9.55. The van der Waals surface area contributed by atoms with Gasteiger partial charge in [-0.2, -0.15) is 10.2 Å². The van der Waals surface area contributed by atoms with Crippen LogP contribution in [0.4, 0.5) is 0 Å². The van der Waals surface area contributed by atoms with Gasteiger partial charge in [0.1, 0.15) is 17.5 Å². The molecule has 1 aliphatic rings. The minimum atomic E-state index is -0.120. The van der Waals surface area contributed by atoms with Gasteiger partial charge in [0.05, 0.1) is 36.0 Å². The molecular formula is C25H26N4O3. The zero-order chi connectivity index (χ0) is 22.1. The third kappa shape index (κ3) is 3.91. The first-order chi connectivity index (χ1) is 15.6. The molecule has 0 N–H and O–H groups in total. The molecule has 0 spiro atoms. The fourth-order valence-electron chi connectivity index (χ4n) is 4.07. The normalized spacial score (nSPS) is 14.8. The van der Waals surface area contributed by atoms with E-state index < -0.39 is 0 Å². The topological polar surface area (TPSA) is 70.7 Å². The molecule has 0 amide bonds. The van der Waals surface area contributed by atoms with E-state index in [9.17, 15) is 4.79 Å². The van der Waals surface area contributed by atoms with Crippen LogP contribution >= 0.6 is 0 Å². The Morgan fingerprint density at radius 1 is 1.03 bits per heavy atom. The number of fused-ring (bicyclic) bond motifs is 1. The van der Waals surface area contributed by atoms with Gasteiger partial charge in [-0.25, -0.2) is 9.20 Å². The number of pyridine rings is 1. The molecule has 164 valence electrons. The zero-order valence-electron chi connectivity index (χ0n) is 18.3. The molecule has 0 radical (unpaired) electrons. The molecule has 5 rings (SSSR count). The third-order valence-electron chi connectivity index (χ3n) is 5.70. The monoisotopic (exact) mass is 430 g/mol. The SMILES string of the molecule is CC(C)n1nc(-c2c(-c3ccccc3)nn3ccc(OC4CCOCC4)cc23)ccc1=O. The van der Waals surface area contributed by atoms with E-state index in [4.69, 9.17) is 14.6 Å². The highest BCUT2D eigenvalue weighted by molar-refractivity contribution is 5.91. The molecule has 32 heavy (non-hydrogen) atoms. The van der Waals surface area contributed by atoms with E-state index in [1.807, 2.05) is 67.0 Å². The van der Waals surface area contributed by atoms with Crippen LogP contribution in [0, 0.1) is 0 Å². The van der Waals surface area contributed by atoms with Gasteiger partial charge in [0.25, 0.3) is 5.56 Å². The maximum Gasteiger partial charge on any atom is 0.267 e. The number of aromatic nitrogens is 4. The lowest BCUT2D eigenvalue weighted by molar-refractivity contribution is 0.0256. The van der Waals surface area contributed by atoms with Gasteiger partial charge in [-0.3, -0.25) is 4.79 Å². The summed E-state index contributed by atoms with van der Waals surface area (Å²) in [6, 6.07) is 17.3. The van der Waals surface area contributed by atoms with E-state index >= 15 is 0 Å². The second kappa shape index (κ2) is 8.59. The second-order valence-electron chi connectivity index (χ2n) is 8.31. The summed E-state index contributed by atoms with van der Waals surface area (Å²) < 4.78 is 15.1. The van der Waals surface area contributed by atoms with Gasteiger partial charge in [-0.15, -0.1) is 0 Å². The molecule has 7 heteroatoms. The molecule has 0 saturated carbocycles. The molecule has 3 aromatic heterocycles. The van der Waals surface area contributed by atoms with Crippen molar-refractivity contribution in [3.05, 3.63) is 71.1 Å². The van der Waals surface area contributed by atoms with Crippen molar-refractivity contribution < 1.29 is 9.47 Å². The van der Waals surface area contributed by atoms with E-state index in [-0.39, 0.29) is 17.7 Å². The molecule has 0 atom stereocenters. The summed E-state index contributed by atoms with van der Waals surface area (Å²) in [7, 11) is 0. The standard InChI is InChI=1S/C25H26N4O3/c1-17(2)29-23(30)9-8-21(26-29)24-22-16-20(32-19-11-14-31-15-12-19)10-13-28(22)27-25(24)18-6-4-3-5-7-18/h3-10,13,16-17,19H,11-12,14-15H2,1-2H3. The van der Waals surface area contributed by atoms with Crippen molar-refractivity contribution >= 4 is 5.52 Å². The molecule has 7 nitrogen and oxygen atoms in total. The lowest BCUT2D eigenvalue weighted by atomic mass is 10.0. The van der Waals surface area contributed by atoms with Crippen molar-refractivity contribution in [1.29, 1.82) is 0 Å². The molecule has 1 fully saturated rings. The Labute approximate surface area is 186 Å². The van der Waals surface area contributed by atoms with Crippen LogP contribution in [0.15, 0.2) is 65.6 Å². The lowest BCUT2D eigenvalue weighted by Crippen LogP contribution is -2.25. The molecule has 4 aromatic rings. The smallest absolute Gasteiger partial charge is 0.267 e. The summed E-state index contributed by atoms with van der Waals surface area (Å²) in [6.07, 6.45) is 3.83. The maximum atomic E-state index is 12.3. The molecule has 4 heterocycles. The van der Waals surface area contributed by atoms with Gasteiger partial charge in [0.15, 0.2) is 0 Å². The summed E-state index contributed by atoms with van der Waals surface area (Å²) in [5.41, 5.74) is 4.15. The van der Waals surface area contributed by atoms with Gasteiger partial charge >= 0.3 is 0 Å². The van der Waals surface area contributed by atoms with E-state index in [1.54, 1.807) is 12.1 Å². The average Bonchev–Trinajstić information content (AvgIpc) is 3.19. The number of nitrogens with zero attached hydrogens (tertiary/aromatic N) is 4. The van der Waals surface area contributed by atoms with Crippen molar-refractivity contribution in [3.63, 3.8) is 0 Å². The van der Waals surface area contributed by atoms with Crippen LogP contribution in [-0.4, -0.2) is 38.7 Å². The molecule has 0 bridgehead atoms. The van der Waals surface area contributed by atoms with Crippen LogP contribution in [0.25, 0.3) is 28.0 Å². The van der Waals surface area contributed by atoms with Crippen LogP contribution in [0.5, 0.6) is 5.75 Å². The van der Waals surface area contributed by atoms with Gasteiger partial charge < -0.3 is 9.47 Å². The van der Waals surface area contributed by atoms with Gasteiger partial charge in [-0.1, -0.05) is 30.3 Å². The predicted molar refractivity (Wildman–Crippen MR) is 123 cm³/mol. The third-order valence-corrected chi connectivity index (χ3v) is 5.70. The minimum absolute atomic E-state index is 0.0446. The van der Waals surface area contributed by atoms with Crippen molar-refractivity contribution in [2.24, 2.45) is 0 Å². The minimum Gasteiger partial charge on any atom is -0.490 e. The summed E-state index contributed by atoms with van der Waals surface area (Å²) >= 11 is 0. The Bertz CT molecular complexity index is 1290. The fourth-order valence-corrected chi connectivity index (χ4v) is 4.07. The summed E-state index contributed by atoms with van der Waals surface area (Å²) in [5.74, 6) is 0.794. The number of benzene rings is 1. The summed E-state index contributed by atoms with van der Waals surface area (Å²) in [6.45, 7) is 5.35. The highest BCUT2D eigenvalue weighted by Crippen LogP contribution is 2.35. The van der Waals surface area contributed by atoms with Crippen LogP contribution in [0.2, 0.25) is 0 Å². The maximum absolute atomic E-state index is 12.3. The van der Waals surface area contributed by atoms with Gasteiger partial charge in [0, 0.05) is 36.7 Å². The van der Waals surface area contributed by atoms with Gasteiger partial charge in [0.2, 0.25) is 0 Å². The Hall–Kier alpha value is -3.45. The zero-order valence-corrected chi connectivity index (χ0v) is 18.3. The van der Waals surface area contributed by atoms with Crippen LogP contribution < -0.4 is 10.3 Å². The van der Waals surface area contributed by atoms with Crippen LogP contribution in [0.1, 0.15) is 32.7 Å². The Morgan fingerprint density at radius 2 is 1.81 bits per heavy atom.